The first-order valence-electron chi connectivity index (χ1n) is 11.8. The number of nitrogens with zero attached hydrogens (tertiary/aromatic N) is 3. The molecule has 0 saturated heterocycles. The smallest absolute Gasteiger partial charge is 0.321 e. The lowest BCUT2D eigenvalue weighted by molar-refractivity contribution is -0.144. The van der Waals surface area contributed by atoms with Gasteiger partial charge in [0.2, 0.25) is 0 Å². The molecule has 0 bridgehead atoms. The molecule has 5 rings (SSSR count). The summed E-state index contributed by atoms with van der Waals surface area (Å²) >= 11 is 0. The fourth-order valence-corrected chi connectivity index (χ4v) is 4.20. The van der Waals surface area contributed by atoms with E-state index in [9.17, 15) is 18.4 Å². The Morgan fingerprint density at radius 2 is 1.89 bits per heavy atom. The first-order valence-corrected chi connectivity index (χ1v) is 11.8. The maximum absolute atomic E-state index is 13.5. The van der Waals surface area contributed by atoms with Crippen molar-refractivity contribution >= 4 is 16.8 Å². The summed E-state index contributed by atoms with van der Waals surface area (Å²) < 4.78 is 36.7. The minimum Gasteiger partial charge on any atom is -0.484 e. The first kappa shape index (κ1) is 23.7. The Morgan fingerprint density at radius 1 is 1.14 bits per heavy atom. The molecule has 186 valence electrons. The van der Waals surface area contributed by atoms with E-state index in [2.05, 4.69) is 10.4 Å². The van der Waals surface area contributed by atoms with Crippen molar-refractivity contribution in [3.05, 3.63) is 89.0 Å². The van der Waals surface area contributed by atoms with E-state index < -0.39 is 24.0 Å². The van der Waals surface area contributed by atoms with Gasteiger partial charge in [0, 0.05) is 30.6 Å². The molecule has 7 nitrogen and oxygen atoms in total. The van der Waals surface area contributed by atoms with Crippen LogP contribution in [-0.2, 0) is 4.79 Å². The van der Waals surface area contributed by atoms with Gasteiger partial charge in [-0.1, -0.05) is 30.3 Å². The zero-order chi connectivity index (χ0) is 25.4. The van der Waals surface area contributed by atoms with Crippen LogP contribution in [0, 0.1) is 0 Å². The number of fused-ring (bicyclic) bond motifs is 1. The lowest BCUT2D eigenvalue weighted by Crippen LogP contribution is -2.46. The van der Waals surface area contributed by atoms with Gasteiger partial charge >= 0.3 is 5.92 Å². The molecule has 1 aliphatic carbocycles. The quantitative estimate of drug-likeness (QED) is 0.383. The van der Waals surface area contributed by atoms with Crippen LogP contribution >= 0.6 is 0 Å². The monoisotopic (exact) mass is 492 g/mol. The van der Waals surface area contributed by atoms with Crippen LogP contribution in [0.1, 0.15) is 44.4 Å². The summed E-state index contributed by atoms with van der Waals surface area (Å²) in [5.74, 6) is -4.35. The van der Waals surface area contributed by atoms with Gasteiger partial charge in [-0.15, -0.1) is 0 Å². The molecular weight excluding hydrogens is 466 g/mol. The standard InChI is InChI=1S/C27H26F2N4O3/c1-17(31-26(35)27(2,28)29)25(18-6-4-3-5-7-18)36-22-11-12-23-19(14-22)15-30-33(23)21-10-13-24(34)32(16-21)20-8-9-20/h3-7,10-17,20,25H,8-9H2,1-2H3,(H,31,35)/t17-,25-/m0/s1. The van der Waals surface area contributed by atoms with Crippen molar-refractivity contribution in [1.29, 1.82) is 0 Å². The van der Waals surface area contributed by atoms with E-state index in [0.717, 1.165) is 35.0 Å². The average Bonchev–Trinajstić information content (AvgIpc) is 3.61. The molecule has 2 heterocycles. The normalized spacial score (nSPS) is 15.4. The summed E-state index contributed by atoms with van der Waals surface area (Å²) in [6.45, 7) is 2.20. The first-order chi connectivity index (χ1) is 17.2. The maximum Gasteiger partial charge on any atom is 0.321 e. The van der Waals surface area contributed by atoms with Crippen molar-refractivity contribution in [2.45, 2.75) is 50.8 Å². The van der Waals surface area contributed by atoms with Gasteiger partial charge in [0.25, 0.3) is 11.5 Å². The van der Waals surface area contributed by atoms with E-state index in [1.807, 2.05) is 48.7 Å². The molecular formula is C27H26F2N4O3. The minimum absolute atomic E-state index is 0.0256. The van der Waals surface area contributed by atoms with Gasteiger partial charge < -0.3 is 14.6 Å². The van der Waals surface area contributed by atoms with E-state index in [1.165, 1.54) is 0 Å². The number of alkyl halides is 2. The SMILES string of the molecule is C[C@H](NC(=O)C(C)(F)F)[C@H](Oc1ccc2c(cnn2-c2ccc(=O)n(C3CC3)c2)c1)c1ccccc1. The van der Waals surface area contributed by atoms with Gasteiger partial charge in [-0.3, -0.25) is 9.59 Å². The van der Waals surface area contributed by atoms with Crippen LogP contribution in [0.25, 0.3) is 16.6 Å². The second-order valence-electron chi connectivity index (χ2n) is 9.24. The van der Waals surface area contributed by atoms with E-state index in [0.29, 0.717) is 12.7 Å². The highest BCUT2D eigenvalue weighted by molar-refractivity contribution is 5.83. The summed E-state index contributed by atoms with van der Waals surface area (Å²) in [5, 5.41) is 7.67. The molecule has 1 N–H and O–H groups in total. The molecule has 4 aromatic rings. The highest BCUT2D eigenvalue weighted by Crippen LogP contribution is 2.34. The Bertz CT molecular complexity index is 1460. The number of benzene rings is 2. The average molecular weight is 493 g/mol. The van der Waals surface area contributed by atoms with Crippen molar-refractivity contribution in [3.8, 4) is 11.4 Å². The molecule has 1 saturated carbocycles. The largest absolute Gasteiger partial charge is 0.484 e. The predicted molar refractivity (Wildman–Crippen MR) is 132 cm³/mol. The molecule has 2 aromatic carbocycles. The number of amides is 1. The lowest BCUT2D eigenvalue weighted by Gasteiger charge is -2.27. The van der Waals surface area contributed by atoms with Gasteiger partial charge in [-0.05, 0) is 49.6 Å². The van der Waals surface area contributed by atoms with Crippen molar-refractivity contribution < 1.29 is 18.3 Å². The van der Waals surface area contributed by atoms with Crippen LogP contribution in [0.5, 0.6) is 5.75 Å². The number of carbonyl (C=O) groups is 1. The molecule has 2 atom stereocenters. The zero-order valence-electron chi connectivity index (χ0n) is 19.9. The van der Waals surface area contributed by atoms with E-state index in [-0.39, 0.29) is 11.6 Å². The third kappa shape index (κ3) is 4.86. The van der Waals surface area contributed by atoms with E-state index in [4.69, 9.17) is 4.74 Å². The molecule has 0 unspecified atom stereocenters. The molecule has 1 amide bonds. The minimum atomic E-state index is -3.50. The number of aromatic nitrogens is 3. The Hall–Kier alpha value is -4.01. The van der Waals surface area contributed by atoms with Crippen LogP contribution in [0.4, 0.5) is 8.78 Å². The number of pyridine rings is 1. The molecule has 36 heavy (non-hydrogen) atoms. The maximum atomic E-state index is 13.5. The molecule has 9 heteroatoms. The third-order valence-corrected chi connectivity index (χ3v) is 6.25. The van der Waals surface area contributed by atoms with Crippen molar-refractivity contribution in [3.63, 3.8) is 0 Å². The van der Waals surface area contributed by atoms with Gasteiger partial charge in [-0.25, -0.2) is 4.68 Å². The van der Waals surface area contributed by atoms with E-state index >= 15 is 0 Å². The lowest BCUT2D eigenvalue weighted by atomic mass is 10.0. The molecule has 1 fully saturated rings. The number of carbonyl (C=O) groups excluding carboxylic acids is 1. The second kappa shape index (κ2) is 9.22. The Labute approximate surface area is 206 Å². The van der Waals surface area contributed by atoms with Gasteiger partial charge in [0.15, 0.2) is 0 Å². The summed E-state index contributed by atoms with van der Waals surface area (Å²) in [7, 11) is 0. The molecule has 2 aromatic heterocycles. The molecule has 1 aliphatic rings. The number of hydrogen-bond acceptors (Lipinski definition) is 4. The summed E-state index contributed by atoms with van der Waals surface area (Å²) in [5.41, 5.74) is 2.32. The number of halogens is 2. The van der Waals surface area contributed by atoms with Crippen molar-refractivity contribution in [2.75, 3.05) is 0 Å². The molecule has 0 spiro atoms. The van der Waals surface area contributed by atoms with Crippen molar-refractivity contribution in [2.24, 2.45) is 0 Å². The van der Waals surface area contributed by atoms with Gasteiger partial charge in [0.1, 0.15) is 11.9 Å². The van der Waals surface area contributed by atoms with Crippen LogP contribution in [0.15, 0.2) is 77.9 Å². The Kier molecular flexibility index (Phi) is 6.07. The second-order valence-corrected chi connectivity index (χ2v) is 9.24. The zero-order valence-corrected chi connectivity index (χ0v) is 19.9. The number of hydrogen-bond donors (Lipinski definition) is 1. The van der Waals surface area contributed by atoms with Crippen molar-refractivity contribution in [1.82, 2.24) is 19.7 Å². The predicted octanol–water partition coefficient (Wildman–Crippen LogP) is 4.80. The molecule has 0 radical (unpaired) electrons. The highest BCUT2D eigenvalue weighted by Gasteiger charge is 2.35. The summed E-state index contributed by atoms with van der Waals surface area (Å²) in [6.07, 6.45) is 4.83. The Morgan fingerprint density at radius 3 is 2.58 bits per heavy atom. The third-order valence-electron chi connectivity index (χ3n) is 6.25. The topological polar surface area (TPSA) is 78.2 Å². The number of nitrogens with one attached hydrogen (secondary N) is 1. The summed E-state index contributed by atoms with van der Waals surface area (Å²) in [4.78, 5) is 24.1. The Balaban J connectivity index is 1.43. The fourth-order valence-electron chi connectivity index (χ4n) is 4.20. The van der Waals surface area contributed by atoms with E-state index in [1.54, 1.807) is 40.6 Å². The van der Waals surface area contributed by atoms with Crippen LogP contribution in [-0.4, -0.2) is 32.2 Å². The van der Waals surface area contributed by atoms with Crippen LogP contribution in [0.3, 0.4) is 0 Å². The molecule has 0 aliphatic heterocycles. The number of rotatable bonds is 8. The van der Waals surface area contributed by atoms with Gasteiger partial charge in [0.05, 0.1) is 23.4 Å². The van der Waals surface area contributed by atoms with Gasteiger partial charge in [-0.2, -0.15) is 13.9 Å². The number of ether oxygens (including phenoxy) is 1. The highest BCUT2D eigenvalue weighted by atomic mass is 19.3. The summed E-state index contributed by atoms with van der Waals surface area (Å²) in [6, 6.07) is 17.4. The van der Waals surface area contributed by atoms with Crippen LogP contribution in [0.2, 0.25) is 0 Å². The fraction of sp³-hybridized carbons (Fsp3) is 0.296. The van der Waals surface area contributed by atoms with Crippen LogP contribution < -0.4 is 15.6 Å².